The highest BCUT2D eigenvalue weighted by Gasteiger charge is 2.29. The SMILES string of the molecule is Br.Br.O.Oc1cccc(CC(c2ccccc2)N2CCN(C3CCCC3)CC2)c1. The number of aromatic hydroxyl groups is 1. The molecule has 162 valence electrons. The molecule has 2 fully saturated rings. The van der Waals surface area contributed by atoms with E-state index in [1.807, 2.05) is 12.1 Å². The maximum Gasteiger partial charge on any atom is 0.115 e. The summed E-state index contributed by atoms with van der Waals surface area (Å²) < 4.78 is 0. The topological polar surface area (TPSA) is 58.2 Å². The maximum atomic E-state index is 9.84. The predicted octanol–water partition coefficient (Wildman–Crippen LogP) is 4.57. The Kier molecular flexibility index (Phi) is 11.4. The molecule has 0 amide bonds. The van der Waals surface area contributed by atoms with Gasteiger partial charge in [0, 0.05) is 38.3 Å². The molecule has 29 heavy (non-hydrogen) atoms. The van der Waals surface area contributed by atoms with Crippen LogP contribution in [0.15, 0.2) is 54.6 Å². The summed E-state index contributed by atoms with van der Waals surface area (Å²) >= 11 is 0. The molecule has 1 saturated heterocycles. The lowest BCUT2D eigenvalue weighted by Crippen LogP contribution is -2.50. The van der Waals surface area contributed by atoms with E-state index in [1.54, 1.807) is 6.07 Å². The Hall–Kier alpha value is -0.920. The van der Waals surface area contributed by atoms with Crippen LogP contribution in [0.5, 0.6) is 5.75 Å². The van der Waals surface area contributed by atoms with Crippen molar-refractivity contribution in [1.82, 2.24) is 9.80 Å². The highest BCUT2D eigenvalue weighted by atomic mass is 79.9. The fourth-order valence-electron chi connectivity index (χ4n) is 4.72. The molecule has 0 radical (unpaired) electrons. The second kappa shape index (κ2) is 12.7. The summed E-state index contributed by atoms with van der Waals surface area (Å²) in [5.41, 5.74) is 2.59. The van der Waals surface area contributed by atoms with Gasteiger partial charge in [0.2, 0.25) is 0 Å². The van der Waals surface area contributed by atoms with E-state index in [2.05, 4.69) is 46.2 Å². The third-order valence-electron chi connectivity index (χ3n) is 6.15. The monoisotopic (exact) mass is 528 g/mol. The second-order valence-corrected chi connectivity index (χ2v) is 7.81. The first-order chi connectivity index (χ1) is 12.8. The molecule has 3 N–H and O–H groups in total. The van der Waals surface area contributed by atoms with Crippen LogP contribution < -0.4 is 0 Å². The molecule has 4 nitrogen and oxygen atoms in total. The summed E-state index contributed by atoms with van der Waals surface area (Å²) in [6, 6.07) is 19.8. The lowest BCUT2D eigenvalue weighted by Gasteiger charge is -2.42. The Morgan fingerprint density at radius 1 is 0.862 bits per heavy atom. The van der Waals surface area contributed by atoms with Gasteiger partial charge in [0.25, 0.3) is 0 Å². The van der Waals surface area contributed by atoms with Crippen molar-refractivity contribution < 1.29 is 10.6 Å². The van der Waals surface area contributed by atoms with E-state index < -0.39 is 0 Å². The van der Waals surface area contributed by atoms with Crippen LogP contribution in [-0.4, -0.2) is 52.6 Å². The maximum absolute atomic E-state index is 9.84. The fraction of sp³-hybridized carbons (Fsp3) is 0.478. The molecular formula is C23H34Br2N2O2. The van der Waals surface area contributed by atoms with Crippen LogP contribution >= 0.6 is 34.0 Å². The van der Waals surface area contributed by atoms with E-state index in [9.17, 15) is 5.11 Å². The molecule has 0 bridgehead atoms. The van der Waals surface area contributed by atoms with Crippen LogP contribution in [0.1, 0.15) is 42.9 Å². The Bertz CT molecular complexity index is 703. The van der Waals surface area contributed by atoms with Crippen molar-refractivity contribution in [3.63, 3.8) is 0 Å². The Labute approximate surface area is 195 Å². The molecule has 2 aromatic rings. The molecule has 1 aliphatic heterocycles. The van der Waals surface area contributed by atoms with Gasteiger partial charge in [-0.1, -0.05) is 55.3 Å². The minimum atomic E-state index is 0. The number of nitrogens with zero attached hydrogens (tertiary/aromatic N) is 2. The van der Waals surface area contributed by atoms with Gasteiger partial charge >= 0.3 is 0 Å². The lowest BCUT2D eigenvalue weighted by atomic mass is 9.96. The Morgan fingerprint density at radius 2 is 1.52 bits per heavy atom. The lowest BCUT2D eigenvalue weighted by molar-refractivity contribution is 0.0698. The first kappa shape index (κ1) is 26.1. The van der Waals surface area contributed by atoms with Crippen LogP contribution in [0, 0.1) is 0 Å². The van der Waals surface area contributed by atoms with Crippen LogP contribution in [0.3, 0.4) is 0 Å². The van der Waals surface area contributed by atoms with Crippen molar-refractivity contribution in [2.45, 2.75) is 44.2 Å². The second-order valence-electron chi connectivity index (χ2n) is 7.81. The number of halogens is 2. The van der Waals surface area contributed by atoms with Crippen LogP contribution in [-0.2, 0) is 6.42 Å². The normalized spacial score (nSPS) is 18.9. The predicted molar refractivity (Wildman–Crippen MR) is 131 cm³/mol. The molecule has 1 aliphatic carbocycles. The van der Waals surface area contributed by atoms with Gasteiger partial charge in [0.05, 0.1) is 0 Å². The average molecular weight is 530 g/mol. The number of hydrogen-bond acceptors (Lipinski definition) is 3. The van der Waals surface area contributed by atoms with Gasteiger partial charge in [-0.25, -0.2) is 0 Å². The molecule has 0 aromatic heterocycles. The standard InChI is InChI=1S/C23H30N2O.2BrH.H2O/c26-22-12-6-7-19(17-22)18-23(20-8-2-1-3-9-20)25-15-13-24(14-16-25)21-10-4-5-11-21;;;/h1-3,6-9,12,17,21,23,26H,4-5,10-11,13-16,18H2;2*1H;1H2. The van der Waals surface area contributed by atoms with E-state index in [-0.39, 0.29) is 39.4 Å². The van der Waals surface area contributed by atoms with Crippen molar-refractivity contribution in [2.75, 3.05) is 26.2 Å². The highest BCUT2D eigenvalue weighted by Crippen LogP contribution is 2.30. The van der Waals surface area contributed by atoms with E-state index in [1.165, 1.54) is 49.9 Å². The van der Waals surface area contributed by atoms with Gasteiger partial charge in [0.1, 0.15) is 5.75 Å². The number of phenols is 1. The molecule has 2 aromatic carbocycles. The molecule has 1 heterocycles. The molecule has 2 aliphatic rings. The van der Waals surface area contributed by atoms with Crippen molar-refractivity contribution in [2.24, 2.45) is 0 Å². The summed E-state index contributed by atoms with van der Waals surface area (Å²) in [5.74, 6) is 0.361. The summed E-state index contributed by atoms with van der Waals surface area (Å²) in [4.78, 5) is 5.37. The minimum Gasteiger partial charge on any atom is -0.508 e. The average Bonchev–Trinajstić information content (AvgIpc) is 3.22. The summed E-state index contributed by atoms with van der Waals surface area (Å²) in [6.45, 7) is 4.64. The molecular weight excluding hydrogens is 496 g/mol. The van der Waals surface area contributed by atoms with E-state index in [0.29, 0.717) is 11.8 Å². The third-order valence-corrected chi connectivity index (χ3v) is 6.15. The van der Waals surface area contributed by atoms with Crippen molar-refractivity contribution >= 4 is 34.0 Å². The number of phenolic OH excluding ortho intramolecular Hbond substituents is 1. The molecule has 4 rings (SSSR count). The number of rotatable bonds is 5. The van der Waals surface area contributed by atoms with Gasteiger partial charge in [-0.2, -0.15) is 0 Å². The Morgan fingerprint density at radius 3 is 2.14 bits per heavy atom. The van der Waals surface area contributed by atoms with Crippen molar-refractivity contribution in [3.05, 3.63) is 65.7 Å². The van der Waals surface area contributed by atoms with Gasteiger partial charge in [-0.3, -0.25) is 9.80 Å². The zero-order valence-electron chi connectivity index (χ0n) is 16.9. The van der Waals surface area contributed by atoms with E-state index >= 15 is 0 Å². The molecule has 6 heteroatoms. The number of benzene rings is 2. The van der Waals surface area contributed by atoms with Gasteiger partial charge in [-0.15, -0.1) is 34.0 Å². The summed E-state index contributed by atoms with van der Waals surface area (Å²) in [5, 5.41) is 9.84. The highest BCUT2D eigenvalue weighted by molar-refractivity contribution is 8.93. The summed E-state index contributed by atoms with van der Waals surface area (Å²) in [7, 11) is 0. The first-order valence-corrected chi connectivity index (χ1v) is 10.1. The Balaban J connectivity index is 0.00000140. The molecule has 1 saturated carbocycles. The smallest absolute Gasteiger partial charge is 0.115 e. The first-order valence-electron chi connectivity index (χ1n) is 10.1. The number of piperazine rings is 1. The van der Waals surface area contributed by atoms with Gasteiger partial charge < -0.3 is 10.6 Å². The number of hydrogen-bond donors (Lipinski definition) is 1. The van der Waals surface area contributed by atoms with Crippen LogP contribution in [0.4, 0.5) is 0 Å². The van der Waals surface area contributed by atoms with Crippen molar-refractivity contribution in [1.29, 1.82) is 0 Å². The van der Waals surface area contributed by atoms with Crippen LogP contribution in [0.2, 0.25) is 0 Å². The quantitative estimate of drug-likeness (QED) is 0.617. The summed E-state index contributed by atoms with van der Waals surface area (Å²) in [6.07, 6.45) is 6.56. The van der Waals surface area contributed by atoms with E-state index in [4.69, 9.17) is 0 Å². The fourth-order valence-corrected chi connectivity index (χ4v) is 4.72. The largest absolute Gasteiger partial charge is 0.508 e. The third kappa shape index (κ3) is 6.79. The zero-order valence-corrected chi connectivity index (χ0v) is 20.3. The molecule has 0 spiro atoms. The minimum absolute atomic E-state index is 0. The van der Waals surface area contributed by atoms with Gasteiger partial charge in [-0.05, 0) is 42.5 Å². The zero-order chi connectivity index (χ0) is 17.8. The molecule has 1 unspecified atom stereocenters. The molecule has 1 atom stereocenters. The van der Waals surface area contributed by atoms with Gasteiger partial charge in [0.15, 0.2) is 0 Å². The van der Waals surface area contributed by atoms with Crippen molar-refractivity contribution in [3.8, 4) is 5.75 Å². The van der Waals surface area contributed by atoms with E-state index in [0.717, 1.165) is 25.6 Å². The van der Waals surface area contributed by atoms with Crippen LogP contribution in [0.25, 0.3) is 0 Å².